The molecule has 8 nitrogen and oxygen atoms in total. The number of nitrogens with zero attached hydrogens (tertiary/aromatic N) is 1. The van der Waals surface area contributed by atoms with E-state index in [9.17, 15) is 24.9 Å². The number of allylic oxidation sites excluding steroid dienone is 2. The Balaban J connectivity index is 2.55. The first-order chi connectivity index (χ1) is 22.4. The molecule has 0 aromatic heterocycles. The van der Waals surface area contributed by atoms with Crippen LogP contribution in [0.15, 0.2) is 12.2 Å². The smallest absolute Gasteiger partial charge is 0.224 e. The van der Waals surface area contributed by atoms with Crippen LogP contribution in [0.1, 0.15) is 175 Å². The molecule has 0 aliphatic carbocycles. The number of carbonyl (C=O) groups is 2. The second kappa shape index (κ2) is 28.5. The van der Waals surface area contributed by atoms with Crippen LogP contribution in [0.3, 0.4) is 0 Å². The summed E-state index contributed by atoms with van der Waals surface area (Å²) in [7, 11) is 0. The van der Waals surface area contributed by atoms with Crippen molar-refractivity contribution in [3.8, 4) is 0 Å². The Labute approximate surface area is 282 Å². The monoisotopic (exact) mass is 653 g/mol. The van der Waals surface area contributed by atoms with Gasteiger partial charge < -0.3 is 30.3 Å². The van der Waals surface area contributed by atoms with E-state index in [1.807, 2.05) is 0 Å². The zero-order chi connectivity index (χ0) is 33.8. The molecule has 1 aliphatic rings. The highest BCUT2D eigenvalue weighted by molar-refractivity contribution is 5.77. The van der Waals surface area contributed by atoms with Crippen molar-refractivity contribution in [1.82, 2.24) is 10.2 Å². The van der Waals surface area contributed by atoms with E-state index in [2.05, 4.69) is 31.3 Å². The van der Waals surface area contributed by atoms with Crippen LogP contribution in [0.5, 0.6) is 0 Å². The van der Waals surface area contributed by atoms with Crippen molar-refractivity contribution in [3.05, 3.63) is 12.2 Å². The number of aliphatic hydroxyl groups excluding tert-OH is 3. The molecule has 0 spiro atoms. The molecule has 0 aromatic carbocycles. The minimum atomic E-state index is -1.36. The summed E-state index contributed by atoms with van der Waals surface area (Å²) < 4.78 is 6.01. The van der Waals surface area contributed by atoms with Crippen molar-refractivity contribution in [2.75, 3.05) is 13.2 Å². The molecule has 1 heterocycles. The van der Waals surface area contributed by atoms with Gasteiger partial charge in [0.1, 0.15) is 24.4 Å². The zero-order valence-corrected chi connectivity index (χ0v) is 29.9. The molecule has 1 aliphatic heterocycles. The summed E-state index contributed by atoms with van der Waals surface area (Å²) >= 11 is 0. The average molecular weight is 653 g/mol. The molecule has 1 rings (SSSR count). The van der Waals surface area contributed by atoms with Crippen LogP contribution >= 0.6 is 0 Å². The topological polar surface area (TPSA) is 119 Å². The average Bonchev–Trinajstić information content (AvgIpc) is 3.04. The first-order valence-corrected chi connectivity index (χ1v) is 19.2. The van der Waals surface area contributed by atoms with Crippen LogP contribution in [-0.4, -0.2) is 75.8 Å². The van der Waals surface area contributed by atoms with Gasteiger partial charge in [-0.25, -0.2) is 0 Å². The predicted molar refractivity (Wildman–Crippen MR) is 188 cm³/mol. The summed E-state index contributed by atoms with van der Waals surface area (Å²) in [6, 6.07) is -0.975. The molecule has 8 heteroatoms. The maximum absolute atomic E-state index is 13.6. The van der Waals surface area contributed by atoms with Crippen LogP contribution in [0.2, 0.25) is 0 Å². The van der Waals surface area contributed by atoms with Crippen LogP contribution < -0.4 is 5.32 Å². The summed E-state index contributed by atoms with van der Waals surface area (Å²) in [5.41, 5.74) is 0. The van der Waals surface area contributed by atoms with Gasteiger partial charge in [0.05, 0.1) is 6.61 Å². The summed E-state index contributed by atoms with van der Waals surface area (Å²) in [6.07, 6.45) is 27.5. The quantitative estimate of drug-likeness (QED) is 0.0485. The third kappa shape index (κ3) is 19.4. The van der Waals surface area contributed by atoms with Gasteiger partial charge in [-0.2, -0.15) is 0 Å². The summed E-state index contributed by atoms with van der Waals surface area (Å²) in [5.74, 6) is -0.454. The van der Waals surface area contributed by atoms with E-state index in [1.54, 1.807) is 4.90 Å². The molecule has 1 unspecified atom stereocenters. The Morgan fingerprint density at radius 3 is 1.61 bits per heavy atom. The normalized spacial score (nSPS) is 21.6. The predicted octanol–water partition coefficient (Wildman–Crippen LogP) is 7.72. The van der Waals surface area contributed by atoms with Gasteiger partial charge in [0.2, 0.25) is 11.8 Å². The summed E-state index contributed by atoms with van der Waals surface area (Å²) in [4.78, 5) is 27.2. The van der Waals surface area contributed by atoms with E-state index in [-0.39, 0.29) is 11.8 Å². The second-order valence-electron chi connectivity index (χ2n) is 13.6. The molecule has 4 N–H and O–H groups in total. The Kier molecular flexibility index (Phi) is 26.4. The molecule has 0 aromatic rings. The molecule has 2 amide bonds. The number of carbonyl (C=O) groups excluding carboxylic acids is 2. The van der Waals surface area contributed by atoms with Crippen molar-refractivity contribution in [2.24, 2.45) is 0 Å². The van der Waals surface area contributed by atoms with Crippen molar-refractivity contribution in [1.29, 1.82) is 0 Å². The van der Waals surface area contributed by atoms with Gasteiger partial charge in [-0.15, -0.1) is 0 Å². The van der Waals surface area contributed by atoms with Gasteiger partial charge in [-0.3, -0.25) is 9.59 Å². The van der Waals surface area contributed by atoms with Crippen molar-refractivity contribution < 1.29 is 29.6 Å². The van der Waals surface area contributed by atoms with Gasteiger partial charge in [0, 0.05) is 19.9 Å². The van der Waals surface area contributed by atoms with Crippen LogP contribution in [0, 0.1) is 0 Å². The van der Waals surface area contributed by atoms with E-state index in [4.69, 9.17) is 4.74 Å². The van der Waals surface area contributed by atoms with Gasteiger partial charge in [-0.05, 0) is 38.5 Å². The molecular weight excluding hydrogens is 580 g/mol. The lowest BCUT2D eigenvalue weighted by molar-refractivity contribution is -0.231. The van der Waals surface area contributed by atoms with Gasteiger partial charge in [0.15, 0.2) is 6.23 Å². The highest BCUT2D eigenvalue weighted by Gasteiger charge is 2.47. The standard InChI is InChI=1S/C38H72N2O6/c1-4-6-8-10-12-14-16-17-18-19-20-21-23-25-27-29-34(43)40(30-28-26-24-22-15-13-11-9-7-5-2)38-35(39-32(3)42)37(45)36(44)33(31-41)46-38/h17-18,33,35-38,41,44-45H,4-16,19-31H2,1-3H3,(H,39,42)/t33-,35-,36-,37-,38?/m1/s1. The Morgan fingerprint density at radius 1 is 0.674 bits per heavy atom. The number of aliphatic hydroxyl groups is 3. The van der Waals surface area contributed by atoms with Crippen LogP contribution in [0.25, 0.3) is 0 Å². The first-order valence-electron chi connectivity index (χ1n) is 19.2. The second-order valence-corrected chi connectivity index (χ2v) is 13.6. The highest BCUT2D eigenvalue weighted by atomic mass is 16.5. The van der Waals surface area contributed by atoms with Crippen LogP contribution in [0.4, 0.5) is 0 Å². The molecule has 1 fully saturated rings. The van der Waals surface area contributed by atoms with E-state index < -0.39 is 37.2 Å². The molecular formula is C38H72N2O6. The number of hydrogen-bond acceptors (Lipinski definition) is 6. The third-order valence-electron chi connectivity index (χ3n) is 9.30. The largest absolute Gasteiger partial charge is 0.394 e. The van der Waals surface area contributed by atoms with E-state index in [0.717, 1.165) is 51.4 Å². The number of nitrogens with one attached hydrogen (secondary N) is 1. The highest BCUT2D eigenvalue weighted by Crippen LogP contribution is 2.26. The SMILES string of the molecule is CCCCCCCCC=CCCCCCCCC(=O)N(CCCCCCCCCCCC)C1O[C@H](CO)[C@@H](O)[C@H](O)[C@H]1NC(C)=O. The first kappa shape index (κ1) is 42.5. The van der Waals surface area contributed by atoms with E-state index in [0.29, 0.717) is 13.0 Å². The van der Waals surface area contributed by atoms with Gasteiger partial charge in [-0.1, -0.05) is 135 Å². The van der Waals surface area contributed by atoms with Gasteiger partial charge >= 0.3 is 0 Å². The molecule has 0 radical (unpaired) electrons. The van der Waals surface area contributed by atoms with Crippen molar-refractivity contribution in [2.45, 2.75) is 205 Å². The lowest BCUT2D eigenvalue weighted by atomic mass is 9.94. The fraction of sp³-hybridized carbons (Fsp3) is 0.895. The fourth-order valence-corrected chi connectivity index (χ4v) is 6.41. The third-order valence-corrected chi connectivity index (χ3v) is 9.30. The van der Waals surface area contributed by atoms with E-state index in [1.165, 1.54) is 103 Å². The number of amides is 2. The lowest BCUT2D eigenvalue weighted by Gasteiger charge is -2.46. The van der Waals surface area contributed by atoms with E-state index >= 15 is 0 Å². The Bertz CT molecular complexity index is 778. The molecule has 1 saturated heterocycles. The number of rotatable bonds is 29. The Morgan fingerprint density at radius 2 is 1.13 bits per heavy atom. The Hall–Kier alpha value is -1.48. The number of ether oxygens (including phenoxy) is 1. The summed E-state index contributed by atoms with van der Waals surface area (Å²) in [6.45, 7) is 5.78. The molecule has 5 atom stereocenters. The lowest BCUT2D eigenvalue weighted by Crippen LogP contribution is -2.68. The number of unbranched alkanes of at least 4 members (excludes halogenated alkanes) is 20. The van der Waals surface area contributed by atoms with Gasteiger partial charge in [0.25, 0.3) is 0 Å². The van der Waals surface area contributed by atoms with Crippen LogP contribution in [-0.2, 0) is 14.3 Å². The number of hydrogen-bond donors (Lipinski definition) is 4. The maximum atomic E-state index is 13.6. The maximum Gasteiger partial charge on any atom is 0.224 e. The van der Waals surface area contributed by atoms with Crippen molar-refractivity contribution in [3.63, 3.8) is 0 Å². The minimum Gasteiger partial charge on any atom is -0.394 e. The molecule has 0 bridgehead atoms. The molecule has 46 heavy (non-hydrogen) atoms. The molecule has 270 valence electrons. The summed E-state index contributed by atoms with van der Waals surface area (Å²) in [5, 5.41) is 33.8. The zero-order valence-electron chi connectivity index (χ0n) is 29.9. The molecule has 0 saturated carbocycles. The fourth-order valence-electron chi connectivity index (χ4n) is 6.41. The van der Waals surface area contributed by atoms with Crippen molar-refractivity contribution >= 4 is 11.8 Å². The minimum absolute atomic E-state index is 0.0748.